The van der Waals surface area contributed by atoms with Gasteiger partial charge in [0.2, 0.25) is 0 Å². The standard InChI is InChI=1S/C17H18ClN3O/c1-11-8-16(20-12(2)19-11)17(22)21(15-6-7-15)10-13-4-3-5-14(18)9-13/h3-5,8-9,15H,6-7,10H2,1-2H3. The fourth-order valence-electron chi connectivity index (χ4n) is 2.56. The molecular weight excluding hydrogens is 298 g/mol. The van der Waals surface area contributed by atoms with Crippen molar-refractivity contribution in [1.82, 2.24) is 14.9 Å². The van der Waals surface area contributed by atoms with E-state index in [0.29, 0.717) is 29.1 Å². The van der Waals surface area contributed by atoms with Crippen molar-refractivity contribution in [2.75, 3.05) is 0 Å². The minimum atomic E-state index is -0.0314. The summed E-state index contributed by atoms with van der Waals surface area (Å²) in [6, 6.07) is 9.70. The Bertz CT molecular complexity index is 693. The van der Waals surface area contributed by atoms with Crippen LogP contribution in [0, 0.1) is 13.8 Å². The van der Waals surface area contributed by atoms with Crippen molar-refractivity contribution in [3.63, 3.8) is 0 Å². The first-order valence-electron chi connectivity index (χ1n) is 7.40. The summed E-state index contributed by atoms with van der Waals surface area (Å²) >= 11 is 6.04. The predicted octanol–water partition coefficient (Wildman–Crippen LogP) is 3.55. The number of hydrogen-bond donors (Lipinski definition) is 0. The highest BCUT2D eigenvalue weighted by Crippen LogP contribution is 2.30. The lowest BCUT2D eigenvalue weighted by Crippen LogP contribution is -2.33. The summed E-state index contributed by atoms with van der Waals surface area (Å²) in [7, 11) is 0. The number of hydrogen-bond acceptors (Lipinski definition) is 3. The van der Waals surface area contributed by atoms with Gasteiger partial charge in [0.15, 0.2) is 0 Å². The number of carbonyl (C=O) groups excluding carboxylic acids is 1. The number of halogens is 1. The van der Waals surface area contributed by atoms with Crippen LogP contribution in [-0.4, -0.2) is 26.8 Å². The number of nitrogens with zero attached hydrogens (tertiary/aromatic N) is 3. The van der Waals surface area contributed by atoms with Crippen LogP contribution in [0.25, 0.3) is 0 Å². The molecule has 1 heterocycles. The summed E-state index contributed by atoms with van der Waals surface area (Å²) in [5.41, 5.74) is 2.32. The fourth-order valence-corrected chi connectivity index (χ4v) is 2.77. The van der Waals surface area contributed by atoms with Gasteiger partial charge in [0.25, 0.3) is 5.91 Å². The van der Waals surface area contributed by atoms with Crippen molar-refractivity contribution in [1.29, 1.82) is 0 Å². The lowest BCUT2D eigenvalue weighted by Gasteiger charge is -2.22. The molecule has 4 nitrogen and oxygen atoms in total. The molecule has 0 saturated heterocycles. The van der Waals surface area contributed by atoms with Crippen LogP contribution in [0.5, 0.6) is 0 Å². The lowest BCUT2D eigenvalue weighted by molar-refractivity contribution is 0.0723. The summed E-state index contributed by atoms with van der Waals surface area (Å²) in [5, 5.41) is 0.689. The molecule has 0 bridgehead atoms. The second-order valence-electron chi connectivity index (χ2n) is 5.74. The number of aryl methyl sites for hydroxylation is 2. The van der Waals surface area contributed by atoms with Crippen LogP contribution in [0.1, 0.15) is 40.4 Å². The molecule has 0 unspecified atom stereocenters. The molecule has 5 heteroatoms. The average Bonchev–Trinajstić information content (AvgIpc) is 3.27. The van der Waals surface area contributed by atoms with Gasteiger partial charge in [0.1, 0.15) is 11.5 Å². The lowest BCUT2D eigenvalue weighted by atomic mass is 10.2. The largest absolute Gasteiger partial charge is 0.330 e. The van der Waals surface area contributed by atoms with Crippen molar-refractivity contribution in [3.8, 4) is 0 Å². The number of aromatic nitrogens is 2. The summed E-state index contributed by atoms with van der Waals surface area (Å²) < 4.78 is 0. The molecule has 0 atom stereocenters. The zero-order chi connectivity index (χ0) is 15.7. The molecule has 0 N–H and O–H groups in total. The molecule has 1 saturated carbocycles. The van der Waals surface area contributed by atoms with Gasteiger partial charge in [-0.25, -0.2) is 9.97 Å². The van der Waals surface area contributed by atoms with E-state index in [4.69, 9.17) is 11.6 Å². The Morgan fingerprint density at radius 3 is 2.68 bits per heavy atom. The summed E-state index contributed by atoms with van der Waals surface area (Å²) in [4.78, 5) is 23.2. The van der Waals surface area contributed by atoms with Crippen LogP contribution in [-0.2, 0) is 6.54 Å². The maximum Gasteiger partial charge on any atom is 0.273 e. The highest BCUT2D eigenvalue weighted by molar-refractivity contribution is 6.30. The summed E-state index contributed by atoms with van der Waals surface area (Å²) in [6.45, 7) is 4.25. The van der Waals surface area contributed by atoms with Gasteiger partial charge in [0.05, 0.1) is 0 Å². The van der Waals surface area contributed by atoms with Crippen molar-refractivity contribution in [2.45, 2.75) is 39.3 Å². The molecule has 0 aliphatic heterocycles. The Labute approximate surface area is 135 Å². The van der Waals surface area contributed by atoms with Gasteiger partial charge in [-0.05, 0) is 50.5 Å². The van der Waals surface area contributed by atoms with Crippen molar-refractivity contribution in [3.05, 3.63) is 58.1 Å². The highest BCUT2D eigenvalue weighted by Gasteiger charge is 2.33. The third-order valence-electron chi connectivity index (χ3n) is 3.68. The minimum absolute atomic E-state index is 0.0314. The van der Waals surface area contributed by atoms with E-state index in [9.17, 15) is 4.79 Å². The zero-order valence-electron chi connectivity index (χ0n) is 12.7. The van der Waals surface area contributed by atoms with E-state index < -0.39 is 0 Å². The highest BCUT2D eigenvalue weighted by atomic mass is 35.5. The van der Waals surface area contributed by atoms with Crippen molar-refractivity contribution >= 4 is 17.5 Å². The van der Waals surface area contributed by atoms with Crippen LogP contribution in [0.15, 0.2) is 30.3 Å². The van der Waals surface area contributed by atoms with Gasteiger partial charge in [-0.3, -0.25) is 4.79 Å². The van der Waals surface area contributed by atoms with E-state index in [1.807, 2.05) is 43.0 Å². The minimum Gasteiger partial charge on any atom is -0.330 e. The van der Waals surface area contributed by atoms with Crippen LogP contribution >= 0.6 is 11.6 Å². The average molecular weight is 316 g/mol. The normalized spacial score (nSPS) is 14.0. The Morgan fingerprint density at radius 1 is 1.27 bits per heavy atom. The van der Waals surface area contributed by atoms with E-state index in [1.54, 1.807) is 6.07 Å². The van der Waals surface area contributed by atoms with Gasteiger partial charge in [0, 0.05) is 23.3 Å². The topological polar surface area (TPSA) is 46.1 Å². The number of carbonyl (C=O) groups is 1. The van der Waals surface area contributed by atoms with Crippen molar-refractivity contribution < 1.29 is 4.79 Å². The van der Waals surface area contributed by atoms with Crippen LogP contribution in [0.4, 0.5) is 0 Å². The van der Waals surface area contributed by atoms with Crippen LogP contribution in [0.3, 0.4) is 0 Å². The summed E-state index contributed by atoms with van der Waals surface area (Å²) in [6.07, 6.45) is 2.10. The third-order valence-corrected chi connectivity index (χ3v) is 3.91. The molecular formula is C17H18ClN3O. The first kappa shape index (κ1) is 15.0. The SMILES string of the molecule is Cc1cc(C(=O)N(Cc2cccc(Cl)c2)C2CC2)nc(C)n1. The van der Waals surface area contributed by atoms with E-state index >= 15 is 0 Å². The fraction of sp³-hybridized carbons (Fsp3) is 0.353. The number of rotatable bonds is 4. The van der Waals surface area contributed by atoms with E-state index in [2.05, 4.69) is 9.97 Å². The molecule has 1 aromatic carbocycles. The third kappa shape index (κ3) is 3.45. The second kappa shape index (κ2) is 6.05. The van der Waals surface area contributed by atoms with Gasteiger partial charge in [-0.1, -0.05) is 23.7 Å². The molecule has 22 heavy (non-hydrogen) atoms. The quantitative estimate of drug-likeness (QED) is 0.866. The molecule has 3 rings (SSSR count). The van der Waals surface area contributed by atoms with E-state index in [0.717, 1.165) is 24.1 Å². The zero-order valence-corrected chi connectivity index (χ0v) is 13.5. The first-order valence-corrected chi connectivity index (χ1v) is 7.78. The van der Waals surface area contributed by atoms with Gasteiger partial charge in [-0.15, -0.1) is 0 Å². The van der Waals surface area contributed by atoms with E-state index in [-0.39, 0.29) is 5.91 Å². The maximum atomic E-state index is 12.8. The Kier molecular flexibility index (Phi) is 4.12. The van der Waals surface area contributed by atoms with Crippen LogP contribution < -0.4 is 0 Å². The second-order valence-corrected chi connectivity index (χ2v) is 6.17. The van der Waals surface area contributed by atoms with Gasteiger partial charge in [-0.2, -0.15) is 0 Å². The number of amides is 1. The summed E-state index contributed by atoms with van der Waals surface area (Å²) in [5.74, 6) is 0.595. The molecule has 1 fully saturated rings. The van der Waals surface area contributed by atoms with Gasteiger partial charge < -0.3 is 4.90 Å². The monoisotopic (exact) mass is 315 g/mol. The number of benzene rings is 1. The molecule has 0 spiro atoms. The Hall–Kier alpha value is -1.94. The maximum absolute atomic E-state index is 12.8. The van der Waals surface area contributed by atoms with Crippen molar-refractivity contribution in [2.24, 2.45) is 0 Å². The Morgan fingerprint density at radius 2 is 2.05 bits per heavy atom. The van der Waals surface area contributed by atoms with Gasteiger partial charge >= 0.3 is 0 Å². The molecule has 1 amide bonds. The first-order chi connectivity index (χ1) is 10.5. The van der Waals surface area contributed by atoms with Crippen LogP contribution in [0.2, 0.25) is 5.02 Å². The predicted molar refractivity (Wildman–Crippen MR) is 85.9 cm³/mol. The molecule has 1 aliphatic rings. The molecule has 114 valence electrons. The molecule has 1 aromatic heterocycles. The van der Waals surface area contributed by atoms with E-state index in [1.165, 1.54) is 0 Å². The Balaban J connectivity index is 1.86. The smallest absolute Gasteiger partial charge is 0.273 e. The molecule has 1 aliphatic carbocycles. The molecule has 2 aromatic rings. The molecule has 0 radical (unpaired) electrons.